The number of methoxy groups -OCH3 is 1. The molecule has 0 spiro atoms. The van der Waals surface area contributed by atoms with E-state index in [2.05, 4.69) is 24.7 Å². The van der Waals surface area contributed by atoms with Gasteiger partial charge in [-0.05, 0) is 39.5 Å². The molecule has 2 saturated carbocycles. The van der Waals surface area contributed by atoms with Crippen LogP contribution in [0, 0.1) is 13.8 Å². The number of carboxylic acids is 1. The summed E-state index contributed by atoms with van der Waals surface area (Å²) in [6.45, 7) is 2.87. The summed E-state index contributed by atoms with van der Waals surface area (Å²) in [6.07, 6.45) is 4.27. The third-order valence-electron chi connectivity index (χ3n) is 4.89. The molecule has 0 bridgehead atoms. The lowest BCUT2D eigenvalue weighted by Gasteiger charge is -2.09. The predicted octanol–water partition coefficient (Wildman–Crippen LogP) is 3.65. The second kappa shape index (κ2) is 10.9. The van der Waals surface area contributed by atoms with E-state index in [1.807, 2.05) is 0 Å². The van der Waals surface area contributed by atoms with E-state index in [1.54, 1.807) is 13.8 Å². The molecule has 0 saturated heterocycles. The zero-order chi connectivity index (χ0) is 24.1. The molecule has 2 aliphatic rings. The van der Waals surface area contributed by atoms with Gasteiger partial charge in [0, 0.05) is 23.0 Å². The van der Waals surface area contributed by atoms with Crippen molar-refractivity contribution in [3.05, 3.63) is 33.1 Å². The van der Waals surface area contributed by atoms with Crippen molar-refractivity contribution in [3.63, 3.8) is 0 Å². The maximum absolute atomic E-state index is 11.0. The summed E-state index contributed by atoms with van der Waals surface area (Å²) in [5.41, 5.74) is 1.22. The summed E-state index contributed by atoms with van der Waals surface area (Å²) in [4.78, 5) is 38.2. The van der Waals surface area contributed by atoms with Crippen LogP contribution in [0.4, 0.5) is 0 Å². The van der Waals surface area contributed by atoms with Crippen molar-refractivity contribution < 1.29 is 28.9 Å². The number of carboxylic acid groups (broad SMARTS) is 1. The van der Waals surface area contributed by atoms with E-state index in [9.17, 15) is 9.59 Å². The Kier molecular flexibility index (Phi) is 8.25. The molecule has 0 radical (unpaired) electrons. The largest absolute Gasteiger partial charge is 0.479 e. The minimum absolute atomic E-state index is 0.172. The lowest BCUT2D eigenvalue weighted by molar-refractivity contribution is -0.143. The Morgan fingerprint density at radius 2 is 1.27 bits per heavy atom. The van der Waals surface area contributed by atoms with Crippen LogP contribution in [0.1, 0.15) is 60.3 Å². The highest BCUT2D eigenvalue weighted by molar-refractivity contribution is 6.30. The van der Waals surface area contributed by atoms with Gasteiger partial charge in [0.1, 0.15) is 22.0 Å². The van der Waals surface area contributed by atoms with E-state index < -0.39 is 18.5 Å². The molecule has 178 valence electrons. The van der Waals surface area contributed by atoms with Crippen LogP contribution in [0.25, 0.3) is 0 Å². The summed E-state index contributed by atoms with van der Waals surface area (Å²) in [5, 5.41) is 9.23. The molecule has 33 heavy (non-hydrogen) atoms. The van der Waals surface area contributed by atoms with E-state index in [4.69, 9.17) is 37.8 Å². The molecule has 2 aromatic heterocycles. The molecule has 2 fully saturated rings. The summed E-state index contributed by atoms with van der Waals surface area (Å²) in [7, 11) is 1.31. The Morgan fingerprint density at radius 3 is 1.64 bits per heavy atom. The molecular formula is C21H24Cl2N4O6. The first kappa shape index (κ1) is 24.9. The number of aromatic nitrogens is 4. The molecular weight excluding hydrogens is 475 g/mol. The van der Waals surface area contributed by atoms with Crippen molar-refractivity contribution in [1.29, 1.82) is 0 Å². The maximum Gasteiger partial charge on any atom is 0.343 e. The Bertz CT molecular complexity index is 1040. The summed E-state index contributed by atoms with van der Waals surface area (Å²) < 4.78 is 14.8. The second-order valence-electron chi connectivity index (χ2n) is 7.70. The van der Waals surface area contributed by atoms with Gasteiger partial charge in [-0.2, -0.15) is 9.97 Å². The molecule has 0 aliphatic heterocycles. The van der Waals surface area contributed by atoms with Crippen LogP contribution >= 0.6 is 23.2 Å². The number of hydrogen-bond acceptors (Lipinski definition) is 9. The molecule has 0 aromatic carbocycles. The highest BCUT2D eigenvalue weighted by atomic mass is 35.5. The van der Waals surface area contributed by atoms with Crippen LogP contribution in [0.15, 0.2) is 0 Å². The Morgan fingerprint density at radius 1 is 0.848 bits per heavy atom. The lowest BCUT2D eigenvalue weighted by atomic mass is 10.3. The number of rotatable bonds is 8. The highest BCUT2D eigenvalue weighted by Gasteiger charge is 2.29. The zero-order valence-electron chi connectivity index (χ0n) is 18.4. The van der Waals surface area contributed by atoms with Gasteiger partial charge in [-0.1, -0.05) is 23.2 Å². The Labute approximate surface area is 200 Å². The molecule has 4 rings (SSSR count). The van der Waals surface area contributed by atoms with Crippen molar-refractivity contribution in [2.75, 3.05) is 20.3 Å². The lowest BCUT2D eigenvalue weighted by Crippen LogP contribution is -2.14. The number of esters is 1. The van der Waals surface area contributed by atoms with Crippen molar-refractivity contribution >= 4 is 35.1 Å². The number of ether oxygens (including phenoxy) is 3. The number of carbonyl (C=O) groups excluding carboxylic acids is 1. The third-order valence-corrected chi connectivity index (χ3v) is 5.63. The maximum atomic E-state index is 11.0. The first-order valence-electron chi connectivity index (χ1n) is 10.3. The molecule has 2 heterocycles. The fraction of sp³-hybridized carbons (Fsp3) is 0.524. The number of aliphatic carboxylic acids is 1. The van der Waals surface area contributed by atoms with Gasteiger partial charge in [0.2, 0.25) is 11.8 Å². The average Bonchev–Trinajstić information content (AvgIpc) is 3.68. The average molecular weight is 499 g/mol. The molecule has 0 atom stereocenters. The molecule has 10 nitrogen and oxygen atoms in total. The van der Waals surface area contributed by atoms with Crippen LogP contribution in [0.3, 0.4) is 0 Å². The van der Waals surface area contributed by atoms with Crippen LogP contribution in [0.5, 0.6) is 11.8 Å². The van der Waals surface area contributed by atoms with E-state index >= 15 is 0 Å². The van der Waals surface area contributed by atoms with Gasteiger partial charge in [-0.25, -0.2) is 19.6 Å². The van der Waals surface area contributed by atoms with Crippen LogP contribution in [0.2, 0.25) is 10.3 Å². The molecule has 0 amide bonds. The number of carbonyl (C=O) groups is 2. The molecule has 2 aromatic rings. The minimum Gasteiger partial charge on any atom is -0.479 e. The normalized spacial score (nSPS) is 14.7. The van der Waals surface area contributed by atoms with Gasteiger partial charge in [-0.15, -0.1) is 0 Å². The SMILES string of the molecule is COC(=O)COc1nc(C2CC2)nc(Cl)c1C.Cc1c(Cl)nc(C2CC2)nc1OCC(=O)O. The highest BCUT2D eigenvalue weighted by Crippen LogP contribution is 2.40. The fourth-order valence-electron chi connectivity index (χ4n) is 2.62. The van der Waals surface area contributed by atoms with Crippen molar-refractivity contribution in [2.24, 2.45) is 0 Å². The monoisotopic (exact) mass is 498 g/mol. The topological polar surface area (TPSA) is 134 Å². The summed E-state index contributed by atoms with van der Waals surface area (Å²) >= 11 is 11.9. The standard InChI is InChI=1S/C11H13ClN2O3.C10H11ClN2O3/c1-6-9(12)13-10(7-3-4-7)14-11(6)17-5-8(15)16-2;1-5-8(11)12-9(6-2-3-6)13-10(5)16-4-7(14)15/h7H,3-5H2,1-2H3;6H,2-4H2,1H3,(H,14,15). The smallest absolute Gasteiger partial charge is 0.343 e. The fourth-order valence-corrected chi connectivity index (χ4v) is 2.95. The van der Waals surface area contributed by atoms with E-state index in [0.29, 0.717) is 50.8 Å². The van der Waals surface area contributed by atoms with Crippen LogP contribution in [-0.2, 0) is 14.3 Å². The molecule has 2 aliphatic carbocycles. The first-order valence-corrected chi connectivity index (χ1v) is 11.1. The molecule has 12 heteroatoms. The third kappa shape index (κ3) is 7.13. The summed E-state index contributed by atoms with van der Waals surface area (Å²) in [5.74, 6) is 1.21. The van der Waals surface area contributed by atoms with Gasteiger partial charge in [0.15, 0.2) is 13.2 Å². The number of nitrogens with zero attached hydrogens (tertiary/aromatic N) is 4. The predicted molar refractivity (Wildman–Crippen MR) is 118 cm³/mol. The van der Waals surface area contributed by atoms with Crippen LogP contribution in [-0.4, -0.2) is 57.3 Å². The summed E-state index contributed by atoms with van der Waals surface area (Å²) in [6, 6.07) is 0. The van der Waals surface area contributed by atoms with Crippen molar-refractivity contribution in [3.8, 4) is 11.8 Å². The van der Waals surface area contributed by atoms with E-state index in [-0.39, 0.29) is 12.5 Å². The van der Waals surface area contributed by atoms with E-state index in [0.717, 1.165) is 25.7 Å². The van der Waals surface area contributed by atoms with Crippen LogP contribution < -0.4 is 9.47 Å². The molecule has 1 N–H and O–H groups in total. The quantitative estimate of drug-likeness (QED) is 0.424. The Hall–Kier alpha value is -2.72. The number of hydrogen-bond donors (Lipinski definition) is 1. The van der Waals surface area contributed by atoms with Gasteiger partial charge in [-0.3, -0.25) is 0 Å². The second-order valence-corrected chi connectivity index (χ2v) is 8.42. The van der Waals surface area contributed by atoms with E-state index in [1.165, 1.54) is 7.11 Å². The zero-order valence-corrected chi connectivity index (χ0v) is 19.9. The van der Waals surface area contributed by atoms with Gasteiger partial charge >= 0.3 is 11.9 Å². The van der Waals surface area contributed by atoms with Gasteiger partial charge < -0.3 is 19.3 Å². The number of halogens is 2. The van der Waals surface area contributed by atoms with Gasteiger partial charge in [0.25, 0.3) is 0 Å². The first-order chi connectivity index (χ1) is 15.7. The molecule has 0 unspecified atom stereocenters. The van der Waals surface area contributed by atoms with Crippen molar-refractivity contribution in [1.82, 2.24) is 19.9 Å². The minimum atomic E-state index is -1.04. The Balaban J connectivity index is 0.000000186. The van der Waals surface area contributed by atoms with Crippen molar-refractivity contribution in [2.45, 2.75) is 51.4 Å². The van der Waals surface area contributed by atoms with Gasteiger partial charge in [0.05, 0.1) is 7.11 Å².